The molecular weight excluding hydrogens is 226 g/mol. The summed E-state index contributed by atoms with van der Waals surface area (Å²) in [5, 5.41) is 0. The normalized spacial score (nSPS) is 37.2. The SMILES string of the molecule is CCC1CCCC(N2CCCC3(C2)OCCO3)C1. The number of hydrogen-bond donors (Lipinski definition) is 0. The number of ether oxygens (including phenoxy) is 2. The zero-order valence-corrected chi connectivity index (χ0v) is 11.7. The van der Waals surface area contributed by atoms with Crippen molar-refractivity contribution >= 4 is 0 Å². The molecule has 2 atom stereocenters. The summed E-state index contributed by atoms with van der Waals surface area (Å²) in [6.45, 7) is 6.17. The molecule has 1 aliphatic carbocycles. The second kappa shape index (κ2) is 5.48. The summed E-state index contributed by atoms with van der Waals surface area (Å²) in [6, 6.07) is 0.786. The first-order chi connectivity index (χ1) is 8.81. The van der Waals surface area contributed by atoms with Crippen LogP contribution in [-0.2, 0) is 9.47 Å². The lowest BCUT2D eigenvalue weighted by atomic mass is 9.82. The van der Waals surface area contributed by atoms with Crippen LogP contribution in [0.15, 0.2) is 0 Å². The van der Waals surface area contributed by atoms with Gasteiger partial charge < -0.3 is 9.47 Å². The van der Waals surface area contributed by atoms with Crippen LogP contribution in [-0.4, -0.2) is 43.0 Å². The van der Waals surface area contributed by atoms with E-state index in [1.165, 1.54) is 45.1 Å². The predicted molar refractivity (Wildman–Crippen MR) is 71.5 cm³/mol. The molecule has 3 rings (SSSR count). The molecule has 2 unspecified atom stereocenters. The Morgan fingerprint density at radius 2 is 2.00 bits per heavy atom. The van der Waals surface area contributed by atoms with Gasteiger partial charge in [0.25, 0.3) is 0 Å². The van der Waals surface area contributed by atoms with Gasteiger partial charge in [-0.05, 0) is 31.7 Å². The summed E-state index contributed by atoms with van der Waals surface area (Å²) in [7, 11) is 0. The molecule has 2 heterocycles. The van der Waals surface area contributed by atoms with Gasteiger partial charge in [-0.15, -0.1) is 0 Å². The van der Waals surface area contributed by atoms with Crippen molar-refractivity contribution in [3.05, 3.63) is 0 Å². The maximum Gasteiger partial charge on any atom is 0.181 e. The highest BCUT2D eigenvalue weighted by atomic mass is 16.7. The molecule has 1 saturated carbocycles. The van der Waals surface area contributed by atoms with Gasteiger partial charge >= 0.3 is 0 Å². The minimum atomic E-state index is -0.239. The smallest absolute Gasteiger partial charge is 0.181 e. The van der Waals surface area contributed by atoms with E-state index in [1.807, 2.05) is 0 Å². The van der Waals surface area contributed by atoms with Crippen molar-refractivity contribution in [2.45, 2.75) is 63.7 Å². The van der Waals surface area contributed by atoms with Gasteiger partial charge in [0.2, 0.25) is 0 Å². The van der Waals surface area contributed by atoms with Crippen molar-refractivity contribution in [1.82, 2.24) is 4.90 Å². The molecule has 2 saturated heterocycles. The average molecular weight is 253 g/mol. The Morgan fingerprint density at radius 3 is 2.78 bits per heavy atom. The lowest BCUT2D eigenvalue weighted by molar-refractivity contribution is -0.195. The van der Waals surface area contributed by atoms with E-state index in [0.717, 1.165) is 38.1 Å². The molecule has 0 bridgehead atoms. The van der Waals surface area contributed by atoms with Gasteiger partial charge in [-0.2, -0.15) is 0 Å². The standard InChI is InChI=1S/C15H27NO2/c1-2-13-5-3-6-14(11-13)16-8-4-7-15(12-16)17-9-10-18-15/h13-14H,2-12H2,1H3. The second-order valence-electron chi connectivity index (χ2n) is 6.28. The van der Waals surface area contributed by atoms with Gasteiger partial charge in [0.1, 0.15) is 0 Å². The van der Waals surface area contributed by atoms with Crippen molar-refractivity contribution in [3.8, 4) is 0 Å². The van der Waals surface area contributed by atoms with Crippen molar-refractivity contribution in [1.29, 1.82) is 0 Å². The Morgan fingerprint density at radius 1 is 1.17 bits per heavy atom. The summed E-state index contributed by atoms with van der Waals surface area (Å²) < 4.78 is 11.8. The molecule has 0 radical (unpaired) electrons. The van der Waals surface area contributed by atoms with Crippen molar-refractivity contribution in [2.24, 2.45) is 5.92 Å². The van der Waals surface area contributed by atoms with Gasteiger partial charge in [0.05, 0.1) is 19.8 Å². The number of likely N-dealkylation sites (tertiary alicyclic amines) is 1. The average Bonchev–Trinajstić information content (AvgIpc) is 2.87. The zero-order chi connectivity index (χ0) is 12.4. The fourth-order valence-corrected chi connectivity index (χ4v) is 4.03. The molecule has 0 aromatic rings. The molecule has 3 aliphatic rings. The molecule has 18 heavy (non-hydrogen) atoms. The Balaban J connectivity index is 1.61. The first-order valence-corrected chi connectivity index (χ1v) is 7.83. The minimum Gasteiger partial charge on any atom is -0.346 e. The summed E-state index contributed by atoms with van der Waals surface area (Å²) >= 11 is 0. The lowest BCUT2D eigenvalue weighted by Crippen LogP contribution is -2.53. The monoisotopic (exact) mass is 253 g/mol. The van der Waals surface area contributed by atoms with Crippen LogP contribution in [0.1, 0.15) is 51.9 Å². The van der Waals surface area contributed by atoms with E-state index < -0.39 is 0 Å². The van der Waals surface area contributed by atoms with Crippen molar-refractivity contribution < 1.29 is 9.47 Å². The van der Waals surface area contributed by atoms with Gasteiger partial charge in [-0.1, -0.05) is 26.2 Å². The van der Waals surface area contributed by atoms with Crippen LogP contribution < -0.4 is 0 Å². The molecular formula is C15H27NO2. The molecule has 3 nitrogen and oxygen atoms in total. The molecule has 1 spiro atoms. The third kappa shape index (κ3) is 2.59. The van der Waals surface area contributed by atoms with Crippen LogP contribution in [0.5, 0.6) is 0 Å². The van der Waals surface area contributed by atoms with Crippen LogP contribution in [0.25, 0.3) is 0 Å². The maximum absolute atomic E-state index is 5.89. The largest absolute Gasteiger partial charge is 0.346 e. The fourth-order valence-electron chi connectivity index (χ4n) is 4.03. The van der Waals surface area contributed by atoms with Crippen LogP contribution in [0.2, 0.25) is 0 Å². The van der Waals surface area contributed by atoms with Gasteiger partial charge in [-0.25, -0.2) is 0 Å². The highest BCUT2D eigenvalue weighted by molar-refractivity contribution is 4.89. The van der Waals surface area contributed by atoms with Crippen molar-refractivity contribution in [2.75, 3.05) is 26.3 Å². The second-order valence-corrected chi connectivity index (χ2v) is 6.28. The van der Waals surface area contributed by atoms with E-state index in [9.17, 15) is 0 Å². The van der Waals surface area contributed by atoms with Crippen LogP contribution >= 0.6 is 0 Å². The molecule has 3 fully saturated rings. The highest BCUT2D eigenvalue weighted by Crippen LogP contribution is 2.35. The van der Waals surface area contributed by atoms with Crippen LogP contribution in [0.4, 0.5) is 0 Å². The highest BCUT2D eigenvalue weighted by Gasteiger charge is 2.42. The topological polar surface area (TPSA) is 21.7 Å². The Hall–Kier alpha value is -0.120. The van der Waals surface area contributed by atoms with E-state index in [4.69, 9.17) is 9.47 Å². The molecule has 3 heteroatoms. The number of nitrogens with zero attached hydrogens (tertiary/aromatic N) is 1. The molecule has 0 aromatic heterocycles. The van der Waals surface area contributed by atoms with E-state index in [1.54, 1.807) is 0 Å². The summed E-state index contributed by atoms with van der Waals surface area (Å²) in [6.07, 6.45) is 9.30. The molecule has 104 valence electrons. The third-order valence-electron chi connectivity index (χ3n) is 5.11. The molecule has 0 amide bonds. The quantitative estimate of drug-likeness (QED) is 0.755. The predicted octanol–water partition coefficient (Wildman–Crippen LogP) is 2.79. The first-order valence-electron chi connectivity index (χ1n) is 7.83. The Bertz CT molecular complexity index is 276. The third-order valence-corrected chi connectivity index (χ3v) is 5.11. The summed E-state index contributed by atoms with van der Waals surface area (Å²) in [4.78, 5) is 2.66. The number of hydrogen-bond acceptors (Lipinski definition) is 3. The molecule has 0 aromatic carbocycles. The first kappa shape index (κ1) is 12.9. The minimum absolute atomic E-state index is 0.239. The Labute approximate surface area is 111 Å². The van der Waals surface area contributed by atoms with E-state index >= 15 is 0 Å². The van der Waals surface area contributed by atoms with E-state index in [2.05, 4.69) is 11.8 Å². The summed E-state index contributed by atoms with van der Waals surface area (Å²) in [5.41, 5.74) is 0. The van der Waals surface area contributed by atoms with Gasteiger partial charge in [-0.3, -0.25) is 4.90 Å². The van der Waals surface area contributed by atoms with E-state index in [-0.39, 0.29) is 5.79 Å². The summed E-state index contributed by atoms with van der Waals surface area (Å²) in [5.74, 6) is 0.712. The van der Waals surface area contributed by atoms with Crippen LogP contribution in [0, 0.1) is 5.92 Å². The molecule has 0 N–H and O–H groups in total. The number of piperidine rings is 1. The Kier molecular flexibility index (Phi) is 3.92. The number of rotatable bonds is 2. The fraction of sp³-hybridized carbons (Fsp3) is 1.00. The lowest BCUT2D eigenvalue weighted by Gasteiger charge is -2.44. The van der Waals surface area contributed by atoms with Gasteiger partial charge in [0.15, 0.2) is 5.79 Å². The van der Waals surface area contributed by atoms with Crippen molar-refractivity contribution in [3.63, 3.8) is 0 Å². The maximum atomic E-state index is 5.89. The van der Waals surface area contributed by atoms with E-state index in [0.29, 0.717) is 0 Å². The van der Waals surface area contributed by atoms with Gasteiger partial charge in [0, 0.05) is 12.5 Å². The zero-order valence-electron chi connectivity index (χ0n) is 11.7. The van der Waals surface area contributed by atoms with Crippen LogP contribution in [0.3, 0.4) is 0 Å². The molecule has 2 aliphatic heterocycles.